The molecule has 0 saturated carbocycles. The van der Waals surface area contributed by atoms with E-state index in [0.29, 0.717) is 11.0 Å². The molecule has 24 heavy (non-hydrogen) atoms. The molecule has 0 aliphatic carbocycles. The zero-order chi connectivity index (χ0) is 16.5. The van der Waals surface area contributed by atoms with Gasteiger partial charge in [-0.1, -0.05) is 16.8 Å². The highest BCUT2D eigenvalue weighted by Gasteiger charge is 2.19. The predicted octanol–water partition coefficient (Wildman–Crippen LogP) is 2.93. The maximum atomic E-state index is 5.91. The van der Waals surface area contributed by atoms with E-state index in [9.17, 15) is 0 Å². The fourth-order valence-electron chi connectivity index (χ4n) is 2.89. The highest BCUT2D eigenvalue weighted by atomic mass is 35.5. The second-order valence-electron chi connectivity index (χ2n) is 5.85. The van der Waals surface area contributed by atoms with Crippen LogP contribution in [0.3, 0.4) is 0 Å². The molecule has 2 N–H and O–H groups in total. The smallest absolute Gasteiger partial charge is 0.220 e. The molecule has 0 fully saturated rings. The summed E-state index contributed by atoms with van der Waals surface area (Å²) in [7, 11) is 0. The lowest BCUT2D eigenvalue weighted by Crippen LogP contribution is -2.31. The van der Waals surface area contributed by atoms with Crippen molar-refractivity contribution >= 4 is 17.5 Å². The fourth-order valence-corrected chi connectivity index (χ4v) is 3.02. The van der Waals surface area contributed by atoms with Crippen molar-refractivity contribution in [3.63, 3.8) is 0 Å². The Morgan fingerprint density at radius 2 is 2.08 bits per heavy atom. The maximum Gasteiger partial charge on any atom is 0.220 e. The van der Waals surface area contributed by atoms with Crippen molar-refractivity contribution < 1.29 is 4.52 Å². The number of aromatic nitrogens is 3. The molecule has 0 unspecified atom stereocenters. The number of hydrogen-bond acceptors (Lipinski definition) is 6. The van der Waals surface area contributed by atoms with Crippen molar-refractivity contribution in [2.75, 3.05) is 12.3 Å². The van der Waals surface area contributed by atoms with Gasteiger partial charge in [0, 0.05) is 54.5 Å². The molecule has 0 atom stereocenters. The minimum atomic E-state index is 0.339. The third kappa shape index (κ3) is 3.11. The summed E-state index contributed by atoms with van der Waals surface area (Å²) in [6.45, 7) is 2.42. The maximum absolute atomic E-state index is 5.91. The molecule has 0 spiro atoms. The fraction of sp³-hybridized carbons (Fsp3) is 0.235. The van der Waals surface area contributed by atoms with Gasteiger partial charge in [-0.15, -0.1) is 0 Å². The summed E-state index contributed by atoms with van der Waals surface area (Å²) in [5.74, 6) is 1.08. The van der Waals surface area contributed by atoms with Gasteiger partial charge in [0.15, 0.2) is 5.76 Å². The van der Waals surface area contributed by atoms with Crippen LogP contribution in [0.15, 0.2) is 41.1 Å². The molecule has 7 heteroatoms. The highest BCUT2D eigenvalue weighted by molar-refractivity contribution is 6.30. The molecule has 1 aliphatic rings. The summed E-state index contributed by atoms with van der Waals surface area (Å²) in [6.07, 6.45) is 2.68. The average Bonchev–Trinajstić information content (AvgIpc) is 3.04. The van der Waals surface area contributed by atoms with E-state index in [4.69, 9.17) is 21.9 Å². The van der Waals surface area contributed by atoms with E-state index in [1.807, 2.05) is 36.5 Å². The number of fused-ring (bicyclic) bond motifs is 1. The van der Waals surface area contributed by atoms with E-state index >= 15 is 0 Å². The van der Waals surface area contributed by atoms with E-state index in [-0.39, 0.29) is 0 Å². The molecule has 3 aromatic rings. The van der Waals surface area contributed by atoms with Gasteiger partial charge in [-0.25, -0.2) is 9.97 Å². The summed E-state index contributed by atoms with van der Waals surface area (Å²) in [4.78, 5) is 10.7. The van der Waals surface area contributed by atoms with Crippen LogP contribution in [0.1, 0.15) is 17.0 Å². The van der Waals surface area contributed by atoms with Crippen molar-refractivity contribution in [2.24, 2.45) is 0 Å². The SMILES string of the molecule is Nc1ncc2c(n1)CCN(Cc1cc(-c3ccc(Cl)cc3)on1)C2. The minimum absolute atomic E-state index is 0.339. The molecule has 122 valence electrons. The monoisotopic (exact) mass is 341 g/mol. The molecule has 0 bridgehead atoms. The molecule has 0 amide bonds. The van der Waals surface area contributed by atoms with Gasteiger partial charge in [-0.05, 0) is 24.3 Å². The van der Waals surface area contributed by atoms with Gasteiger partial charge in [-0.2, -0.15) is 0 Å². The van der Waals surface area contributed by atoms with Gasteiger partial charge in [0.2, 0.25) is 5.95 Å². The number of anilines is 1. The molecular weight excluding hydrogens is 326 g/mol. The van der Waals surface area contributed by atoms with Crippen LogP contribution in [0.4, 0.5) is 5.95 Å². The lowest BCUT2D eigenvalue weighted by atomic mass is 10.1. The van der Waals surface area contributed by atoms with Crippen molar-refractivity contribution in [2.45, 2.75) is 19.5 Å². The molecule has 1 aromatic carbocycles. The molecule has 0 saturated heterocycles. The van der Waals surface area contributed by atoms with Crippen LogP contribution in [-0.2, 0) is 19.5 Å². The number of nitrogens with two attached hydrogens (primary N) is 1. The normalized spacial score (nSPS) is 14.5. The molecule has 2 aromatic heterocycles. The van der Waals surface area contributed by atoms with Crippen LogP contribution >= 0.6 is 11.6 Å². The Balaban J connectivity index is 1.47. The van der Waals surface area contributed by atoms with Crippen LogP contribution < -0.4 is 5.73 Å². The van der Waals surface area contributed by atoms with E-state index in [0.717, 1.165) is 54.3 Å². The largest absolute Gasteiger partial charge is 0.368 e. The Labute approximate surface area is 144 Å². The zero-order valence-corrected chi connectivity index (χ0v) is 13.7. The first kappa shape index (κ1) is 15.1. The molecule has 0 radical (unpaired) electrons. The van der Waals surface area contributed by atoms with E-state index < -0.39 is 0 Å². The Hall–Kier alpha value is -2.44. The Bertz CT molecular complexity index is 862. The quantitative estimate of drug-likeness (QED) is 0.788. The van der Waals surface area contributed by atoms with Gasteiger partial charge in [0.25, 0.3) is 0 Å². The number of benzene rings is 1. The van der Waals surface area contributed by atoms with Gasteiger partial charge in [-0.3, -0.25) is 4.90 Å². The number of rotatable bonds is 3. The van der Waals surface area contributed by atoms with Crippen molar-refractivity contribution in [3.8, 4) is 11.3 Å². The number of nitrogen functional groups attached to an aromatic ring is 1. The lowest BCUT2D eigenvalue weighted by Gasteiger charge is -2.26. The number of halogens is 1. The summed E-state index contributed by atoms with van der Waals surface area (Å²) in [5.41, 5.74) is 9.67. The van der Waals surface area contributed by atoms with Crippen LogP contribution in [0.5, 0.6) is 0 Å². The van der Waals surface area contributed by atoms with Crippen molar-refractivity contribution in [1.29, 1.82) is 0 Å². The second kappa shape index (κ2) is 6.22. The van der Waals surface area contributed by atoms with Crippen LogP contribution in [-0.4, -0.2) is 26.6 Å². The third-order valence-electron chi connectivity index (χ3n) is 4.10. The summed E-state index contributed by atoms with van der Waals surface area (Å²) < 4.78 is 5.46. The first-order valence-electron chi connectivity index (χ1n) is 7.71. The Kier molecular flexibility index (Phi) is 3.92. The molecule has 6 nitrogen and oxygen atoms in total. The molecule has 1 aliphatic heterocycles. The first-order chi connectivity index (χ1) is 11.7. The van der Waals surface area contributed by atoms with Crippen LogP contribution in [0, 0.1) is 0 Å². The average molecular weight is 342 g/mol. The van der Waals surface area contributed by atoms with E-state index in [1.165, 1.54) is 0 Å². The van der Waals surface area contributed by atoms with Crippen LogP contribution in [0.2, 0.25) is 5.02 Å². The Morgan fingerprint density at radius 3 is 2.92 bits per heavy atom. The van der Waals surface area contributed by atoms with Crippen molar-refractivity contribution in [1.82, 2.24) is 20.0 Å². The predicted molar refractivity (Wildman–Crippen MR) is 91.2 cm³/mol. The standard InChI is InChI=1S/C17H16ClN5O/c18-13-3-1-11(2-4-13)16-7-14(22-24-16)10-23-6-5-15-12(9-23)8-20-17(19)21-15/h1-4,7-8H,5-6,9-10H2,(H2,19,20,21). The topological polar surface area (TPSA) is 81.1 Å². The highest BCUT2D eigenvalue weighted by Crippen LogP contribution is 2.24. The van der Waals surface area contributed by atoms with E-state index in [2.05, 4.69) is 20.0 Å². The summed E-state index contributed by atoms with van der Waals surface area (Å²) >= 11 is 5.91. The van der Waals surface area contributed by atoms with Crippen LogP contribution in [0.25, 0.3) is 11.3 Å². The number of nitrogens with zero attached hydrogens (tertiary/aromatic N) is 4. The van der Waals surface area contributed by atoms with Gasteiger partial charge >= 0.3 is 0 Å². The second-order valence-corrected chi connectivity index (χ2v) is 6.29. The minimum Gasteiger partial charge on any atom is -0.368 e. The third-order valence-corrected chi connectivity index (χ3v) is 4.36. The van der Waals surface area contributed by atoms with Gasteiger partial charge in [0.1, 0.15) is 0 Å². The lowest BCUT2D eigenvalue weighted by molar-refractivity contribution is 0.235. The molecular formula is C17H16ClN5O. The Morgan fingerprint density at radius 1 is 1.25 bits per heavy atom. The first-order valence-corrected chi connectivity index (χ1v) is 8.09. The summed E-state index contributed by atoms with van der Waals surface area (Å²) in [5, 5.41) is 4.88. The summed E-state index contributed by atoms with van der Waals surface area (Å²) in [6, 6.07) is 9.49. The molecule has 3 heterocycles. The van der Waals surface area contributed by atoms with Gasteiger partial charge < -0.3 is 10.3 Å². The van der Waals surface area contributed by atoms with Gasteiger partial charge in [0.05, 0.1) is 11.4 Å². The number of hydrogen-bond donors (Lipinski definition) is 1. The molecule has 4 rings (SSSR count). The zero-order valence-electron chi connectivity index (χ0n) is 12.9. The van der Waals surface area contributed by atoms with E-state index in [1.54, 1.807) is 0 Å². The van der Waals surface area contributed by atoms with Crippen molar-refractivity contribution in [3.05, 3.63) is 58.5 Å².